The number of pyridine rings is 1. The highest BCUT2D eigenvalue weighted by Gasteiger charge is 2.08. The summed E-state index contributed by atoms with van der Waals surface area (Å²) < 4.78 is 4.51. The van der Waals surface area contributed by atoms with Crippen LogP contribution in [-0.4, -0.2) is 28.2 Å². The number of anilines is 3. The first-order valence-corrected chi connectivity index (χ1v) is 6.27. The van der Waals surface area contributed by atoms with Gasteiger partial charge in [0.05, 0.1) is 24.5 Å². The Balaban J connectivity index is 1.84. The quantitative estimate of drug-likeness (QED) is 0.687. The minimum Gasteiger partial charge on any atom is -0.453 e. The molecule has 3 rings (SSSR count). The molecule has 0 saturated carbocycles. The number of nitrogens with one attached hydrogen (secondary N) is 3. The van der Waals surface area contributed by atoms with Crippen molar-refractivity contribution in [2.75, 3.05) is 17.7 Å². The van der Waals surface area contributed by atoms with E-state index < -0.39 is 6.09 Å². The second kappa shape index (κ2) is 5.49. The number of imidazole rings is 1. The second-order valence-electron chi connectivity index (χ2n) is 4.29. The molecule has 2 aromatic heterocycles. The molecule has 0 aliphatic carbocycles. The number of rotatable bonds is 3. The number of nitrogens with zero attached hydrogens (tertiary/aromatic N) is 2. The average Bonchev–Trinajstić information content (AvgIpc) is 2.89. The van der Waals surface area contributed by atoms with Gasteiger partial charge in [-0.25, -0.2) is 9.78 Å². The maximum atomic E-state index is 11.1. The van der Waals surface area contributed by atoms with E-state index in [0.717, 1.165) is 11.4 Å². The van der Waals surface area contributed by atoms with E-state index in [9.17, 15) is 4.79 Å². The topological polar surface area (TPSA) is 91.9 Å². The van der Waals surface area contributed by atoms with Gasteiger partial charge in [-0.15, -0.1) is 0 Å². The zero-order chi connectivity index (χ0) is 14.7. The maximum absolute atomic E-state index is 11.1. The van der Waals surface area contributed by atoms with Gasteiger partial charge in [0.1, 0.15) is 0 Å². The van der Waals surface area contributed by atoms with Gasteiger partial charge in [-0.05, 0) is 18.2 Å². The van der Waals surface area contributed by atoms with Crippen LogP contribution in [0.5, 0.6) is 0 Å². The van der Waals surface area contributed by atoms with E-state index >= 15 is 0 Å². The molecule has 0 fully saturated rings. The molecule has 7 heteroatoms. The second-order valence-corrected chi connectivity index (χ2v) is 4.29. The maximum Gasteiger partial charge on any atom is 0.413 e. The summed E-state index contributed by atoms with van der Waals surface area (Å²) in [7, 11) is 1.29. The molecule has 3 N–H and O–H groups in total. The molecule has 7 nitrogen and oxygen atoms in total. The van der Waals surface area contributed by atoms with Gasteiger partial charge in [0.2, 0.25) is 5.95 Å². The van der Waals surface area contributed by atoms with Crippen molar-refractivity contribution in [1.82, 2.24) is 15.0 Å². The van der Waals surface area contributed by atoms with Crippen LogP contribution in [0.25, 0.3) is 11.2 Å². The van der Waals surface area contributed by atoms with Crippen molar-refractivity contribution in [1.29, 1.82) is 0 Å². The molecule has 0 aliphatic rings. The van der Waals surface area contributed by atoms with Gasteiger partial charge in [-0.2, -0.15) is 4.98 Å². The number of carbonyl (C=O) groups is 1. The van der Waals surface area contributed by atoms with Gasteiger partial charge in [0.15, 0.2) is 5.65 Å². The van der Waals surface area contributed by atoms with Crippen molar-refractivity contribution in [3.63, 3.8) is 0 Å². The molecule has 1 amide bonds. The molecule has 0 atom stereocenters. The lowest BCUT2D eigenvalue weighted by Gasteiger charge is -2.04. The normalized spacial score (nSPS) is 10.3. The molecule has 0 radical (unpaired) electrons. The number of methoxy groups -OCH3 is 1. The predicted octanol–water partition coefficient (Wildman–Crippen LogP) is 2.88. The van der Waals surface area contributed by atoms with E-state index in [1.807, 2.05) is 36.4 Å². The number of amides is 1. The number of aromatic amines is 1. The molecule has 106 valence electrons. The van der Waals surface area contributed by atoms with Crippen molar-refractivity contribution in [2.24, 2.45) is 0 Å². The predicted molar refractivity (Wildman–Crippen MR) is 79.6 cm³/mol. The summed E-state index contributed by atoms with van der Waals surface area (Å²) in [6, 6.07) is 11.6. The highest BCUT2D eigenvalue weighted by Crippen LogP contribution is 2.20. The summed E-state index contributed by atoms with van der Waals surface area (Å²) in [5, 5.41) is 5.70. The Morgan fingerprint density at radius 1 is 1.24 bits per heavy atom. The van der Waals surface area contributed by atoms with Crippen LogP contribution < -0.4 is 10.6 Å². The number of ether oxygens (including phenoxy) is 1. The van der Waals surface area contributed by atoms with E-state index in [2.05, 4.69) is 30.3 Å². The Morgan fingerprint density at radius 2 is 2.05 bits per heavy atom. The number of para-hydroxylation sites is 1. The standard InChI is InChI=1S/C14H13N5O2/c1-21-14(20)19-13-17-11-7-10(8-15-12(11)18-13)16-9-5-3-2-4-6-9/h2-8,16H,1H3,(H2,15,17,18,19,20). The zero-order valence-corrected chi connectivity index (χ0v) is 11.3. The largest absolute Gasteiger partial charge is 0.453 e. The van der Waals surface area contributed by atoms with Gasteiger partial charge in [0, 0.05) is 5.69 Å². The molecule has 0 unspecified atom stereocenters. The SMILES string of the molecule is COC(=O)Nc1nc2ncc(Nc3ccccc3)cc2[nH]1. The Kier molecular flexibility index (Phi) is 3.38. The third-order valence-corrected chi connectivity index (χ3v) is 2.81. The summed E-state index contributed by atoms with van der Waals surface area (Å²) >= 11 is 0. The fourth-order valence-corrected chi connectivity index (χ4v) is 1.86. The molecule has 3 aromatic rings. The zero-order valence-electron chi connectivity index (χ0n) is 11.3. The van der Waals surface area contributed by atoms with Crippen molar-refractivity contribution >= 4 is 34.6 Å². The minimum absolute atomic E-state index is 0.293. The first-order chi connectivity index (χ1) is 10.2. The van der Waals surface area contributed by atoms with E-state index in [1.165, 1.54) is 7.11 Å². The number of hydrogen-bond donors (Lipinski definition) is 3. The lowest BCUT2D eigenvalue weighted by atomic mass is 10.3. The Hall–Kier alpha value is -3.09. The van der Waals surface area contributed by atoms with Gasteiger partial charge in [-0.1, -0.05) is 18.2 Å². The van der Waals surface area contributed by atoms with Gasteiger partial charge in [0.25, 0.3) is 0 Å². The number of carbonyl (C=O) groups excluding carboxylic acids is 1. The molecule has 0 aliphatic heterocycles. The summed E-state index contributed by atoms with van der Waals surface area (Å²) in [6.07, 6.45) is 1.09. The number of aromatic nitrogens is 3. The van der Waals surface area contributed by atoms with Crippen molar-refractivity contribution in [3.8, 4) is 0 Å². The van der Waals surface area contributed by atoms with Crippen molar-refractivity contribution < 1.29 is 9.53 Å². The Bertz CT molecular complexity index is 769. The lowest BCUT2D eigenvalue weighted by Crippen LogP contribution is -2.11. The number of fused-ring (bicyclic) bond motifs is 1. The van der Waals surface area contributed by atoms with Crippen LogP contribution >= 0.6 is 0 Å². The average molecular weight is 283 g/mol. The van der Waals surface area contributed by atoms with Crippen LogP contribution in [0.15, 0.2) is 42.6 Å². The first-order valence-electron chi connectivity index (χ1n) is 6.27. The third-order valence-electron chi connectivity index (χ3n) is 2.81. The molecule has 0 saturated heterocycles. The molecule has 2 heterocycles. The summed E-state index contributed by atoms with van der Waals surface area (Å²) in [5.74, 6) is 0.293. The van der Waals surface area contributed by atoms with Gasteiger partial charge >= 0.3 is 6.09 Å². The summed E-state index contributed by atoms with van der Waals surface area (Å²) in [5.41, 5.74) is 3.01. The van der Waals surface area contributed by atoms with Crippen LogP contribution in [0.1, 0.15) is 0 Å². The number of hydrogen-bond acceptors (Lipinski definition) is 5. The van der Waals surface area contributed by atoms with E-state index in [1.54, 1.807) is 6.20 Å². The molecular weight excluding hydrogens is 270 g/mol. The fourth-order valence-electron chi connectivity index (χ4n) is 1.86. The molecule has 21 heavy (non-hydrogen) atoms. The summed E-state index contributed by atoms with van der Waals surface area (Å²) in [4.78, 5) is 22.5. The molecule has 0 spiro atoms. The van der Waals surface area contributed by atoms with Crippen LogP contribution in [0.4, 0.5) is 22.1 Å². The third kappa shape index (κ3) is 2.92. The Labute approximate surface area is 120 Å². The van der Waals surface area contributed by atoms with Crippen LogP contribution in [0.3, 0.4) is 0 Å². The molecule has 1 aromatic carbocycles. The first kappa shape index (κ1) is 12.9. The van der Waals surface area contributed by atoms with Crippen LogP contribution in [0, 0.1) is 0 Å². The molecular formula is C14H13N5O2. The number of benzene rings is 1. The van der Waals surface area contributed by atoms with Crippen molar-refractivity contribution in [3.05, 3.63) is 42.6 Å². The summed E-state index contributed by atoms with van der Waals surface area (Å²) in [6.45, 7) is 0. The highest BCUT2D eigenvalue weighted by molar-refractivity contribution is 5.86. The van der Waals surface area contributed by atoms with Crippen LogP contribution in [0.2, 0.25) is 0 Å². The Morgan fingerprint density at radius 3 is 2.81 bits per heavy atom. The van der Waals surface area contributed by atoms with E-state index in [0.29, 0.717) is 17.1 Å². The molecule has 0 bridgehead atoms. The lowest BCUT2D eigenvalue weighted by molar-refractivity contribution is 0.186. The fraction of sp³-hybridized carbons (Fsp3) is 0.0714. The van der Waals surface area contributed by atoms with Crippen LogP contribution in [-0.2, 0) is 4.74 Å². The van der Waals surface area contributed by atoms with Gasteiger partial charge < -0.3 is 15.0 Å². The van der Waals surface area contributed by atoms with E-state index in [-0.39, 0.29) is 0 Å². The highest BCUT2D eigenvalue weighted by atomic mass is 16.5. The van der Waals surface area contributed by atoms with Crippen molar-refractivity contribution in [2.45, 2.75) is 0 Å². The smallest absolute Gasteiger partial charge is 0.413 e. The van der Waals surface area contributed by atoms with E-state index in [4.69, 9.17) is 0 Å². The minimum atomic E-state index is -0.586. The monoisotopic (exact) mass is 283 g/mol. The van der Waals surface area contributed by atoms with Gasteiger partial charge in [-0.3, -0.25) is 5.32 Å². The number of H-pyrrole nitrogens is 1.